The Kier molecular flexibility index (Phi) is 7.90. The Labute approximate surface area is 135 Å². The number of halogens is 4. The summed E-state index contributed by atoms with van der Waals surface area (Å²) in [4.78, 5) is 12.2. The van der Waals surface area contributed by atoms with Crippen LogP contribution < -0.4 is 10.6 Å². The largest absolute Gasteiger partial charge is 0.416 e. The van der Waals surface area contributed by atoms with Crippen molar-refractivity contribution < 1.29 is 18.0 Å². The number of carbonyl (C=O) groups is 1. The Hall–Kier alpha value is -1.27. The number of benzene rings is 1. The van der Waals surface area contributed by atoms with Gasteiger partial charge in [-0.05, 0) is 45.5 Å². The topological polar surface area (TPSA) is 41.1 Å². The third kappa shape index (κ3) is 5.50. The first-order valence-electron chi connectivity index (χ1n) is 6.80. The smallest absolute Gasteiger partial charge is 0.355 e. The third-order valence-corrected chi connectivity index (χ3v) is 3.37. The maximum absolute atomic E-state index is 12.7. The highest BCUT2D eigenvalue weighted by Crippen LogP contribution is 2.32. The number of carbonyl (C=O) groups excluding carboxylic acids is 1. The van der Waals surface area contributed by atoms with Gasteiger partial charge in [0.1, 0.15) is 0 Å². The summed E-state index contributed by atoms with van der Waals surface area (Å²) in [5, 5.41) is 5.71. The number of hydrogen-bond acceptors (Lipinski definition) is 2. The van der Waals surface area contributed by atoms with E-state index >= 15 is 0 Å². The van der Waals surface area contributed by atoms with Crippen molar-refractivity contribution in [2.75, 3.05) is 20.1 Å². The predicted octanol–water partition coefficient (Wildman–Crippen LogP) is 3.13. The molecule has 1 aromatic rings. The molecule has 0 bridgehead atoms. The molecule has 0 aliphatic rings. The Morgan fingerprint density at radius 3 is 2.27 bits per heavy atom. The zero-order chi connectivity index (χ0) is 16.1. The SMILES string of the molecule is CNCCCNC(=O)C(C)(C)c1cccc(C(F)(F)F)c1.Cl. The van der Waals surface area contributed by atoms with E-state index in [1.165, 1.54) is 6.07 Å². The standard InChI is InChI=1S/C15H21F3N2O.ClH/c1-14(2,13(21)20-9-5-8-19-3)11-6-4-7-12(10-11)15(16,17)18;/h4,6-7,10,19H,5,8-9H2,1-3H3,(H,20,21);1H. The fourth-order valence-corrected chi connectivity index (χ4v) is 1.90. The van der Waals surface area contributed by atoms with E-state index in [0.717, 1.165) is 25.1 Å². The second-order valence-corrected chi connectivity index (χ2v) is 5.42. The van der Waals surface area contributed by atoms with Gasteiger partial charge in [0.15, 0.2) is 0 Å². The highest BCUT2D eigenvalue weighted by Gasteiger charge is 2.34. The lowest BCUT2D eigenvalue weighted by atomic mass is 9.83. The summed E-state index contributed by atoms with van der Waals surface area (Å²) in [5.74, 6) is -0.280. The molecular weight excluding hydrogens is 317 g/mol. The number of rotatable bonds is 6. The number of hydrogen-bond donors (Lipinski definition) is 2. The molecule has 0 aliphatic heterocycles. The van der Waals surface area contributed by atoms with Crippen molar-refractivity contribution in [3.05, 3.63) is 35.4 Å². The molecule has 0 saturated heterocycles. The van der Waals surface area contributed by atoms with Gasteiger partial charge in [-0.15, -0.1) is 12.4 Å². The molecule has 0 unspecified atom stereocenters. The van der Waals surface area contributed by atoms with Gasteiger partial charge in [-0.1, -0.05) is 18.2 Å². The van der Waals surface area contributed by atoms with Crippen LogP contribution >= 0.6 is 12.4 Å². The van der Waals surface area contributed by atoms with Gasteiger partial charge < -0.3 is 10.6 Å². The fraction of sp³-hybridized carbons (Fsp3) is 0.533. The zero-order valence-corrected chi connectivity index (χ0v) is 13.7. The fourth-order valence-electron chi connectivity index (χ4n) is 1.90. The van der Waals surface area contributed by atoms with Crippen molar-refractivity contribution in [2.45, 2.75) is 31.9 Å². The molecule has 3 nitrogen and oxygen atoms in total. The first kappa shape index (κ1) is 20.7. The Balaban J connectivity index is 0.00000441. The molecular formula is C15H22ClF3N2O. The van der Waals surface area contributed by atoms with Gasteiger partial charge in [-0.25, -0.2) is 0 Å². The molecule has 2 N–H and O–H groups in total. The molecule has 0 heterocycles. The summed E-state index contributed by atoms with van der Waals surface area (Å²) in [5.41, 5.74) is -1.40. The molecule has 0 radical (unpaired) electrons. The van der Waals surface area contributed by atoms with E-state index in [2.05, 4.69) is 10.6 Å². The molecule has 22 heavy (non-hydrogen) atoms. The van der Waals surface area contributed by atoms with Crippen molar-refractivity contribution in [3.63, 3.8) is 0 Å². The van der Waals surface area contributed by atoms with Crippen LogP contribution in [-0.4, -0.2) is 26.0 Å². The van der Waals surface area contributed by atoms with Crippen molar-refractivity contribution in [1.29, 1.82) is 0 Å². The van der Waals surface area contributed by atoms with Gasteiger partial charge in [0.25, 0.3) is 0 Å². The lowest BCUT2D eigenvalue weighted by Crippen LogP contribution is -2.41. The van der Waals surface area contributed by atoms with E-state index in [1.807, 2.05) is 7.05 Å². The number of nitrogens with one attached hydrogen (secondary N) is 2. The molecule has 1 aromatic carbocycles. The molecule has 0 fully saturated rings. The van der Waals surface area contributed by atoms with Gasteiger partial charge in [0.05, 0.1) is 11.0 Å². The second kappa shape index (κ2) is 8.39. The maximum atomic E-state index is 12.7. The van der Waals surface area contributed by atoms with Crippen LogP contribution in [-0.2, 0) is 16.4 Å². The molecule has 0 spiro atoms. The van der Waals surface area contributed by atoms with E-state index in [0.29, 0.717) is 12.1 Å². The first-order chi connectivity index (χ1) is 9.69. The van der Waals surface area contributed by atoms with Crippen LogP contribution in [0.5, 0.6) is 0 Å². The zero-order valence-electron chi connectivity index (χ0n) is 12.9. The van der Waals surface area contributed by atoms with Crippen LogP contribution in [0.3, 0.4) is 0 Å². The van der Waals surface area contributed by atoms with Crippen LogP contribution in [0.2, 0.25) is 0 Å². The van der Waals surface area contributed by atoms with Crippen LogP contribution in [0, 0.1) is 0 Å². The summed E-state index contributed by atoms with van der Waals surface area (Å²) >= 11 is 0. The monoisotopic (exact) mass is 338 g/mol. The van der Waals surface area contributed by atoms with Gasteiger partial charge >= 0.3 is 6.18 Å². The summed E-state index contributed by atoms with van der Waals surface area (Å²) in [6, 6.07) is 4.91. The quantitative estimate of drug-likeness (QED) is 0.782. The summed E-state index contributed by atoms with van der Waals surface area (Å²) in [6.45, 7) is 4.50. The van der Waals surface area contributed by atoms with Crippen molar-refractivity contribution >= 4 is 18.3 Å². The average Bonchev–Trinajstić information content (AvgIpc) is 2.42. The minimum Gasteiger partial charge on any atom is -0.355 e. The minimum absolute atomic E-state index is 0. The van der Waals surface area contributed by atoms with Gasteiger partial charge in [0.2, 0.25) is 5.91 Å². The van der Waals surface area contributed by atoms with Gasteiger partial charge in [-0.3, -0.25) is 4.79 Å². The van der Waals surface area contributed by atoms with E-state index in [9.17, 15) is 18.0 Å². The van der Waals surface area contributed by atoms with Gasteiger partial charge in [-0.2, -0.15) is 13.2 Å². The van der Waals surface area contributed by atoms with E-state index in [-0.39, 0.29) is 18.3 Å². The molecule has 0 saturated carbocycles. The highest BCUT2D eigenvalue weighted by molar-refractivity contribution is 5.87. The maximum Gasteiger partial charge on any atom is 0.416 e. The average molecular weight is 339 g/mol. The van der Waals surface area contributed by atoms with Crippen LogP contribution in [0.15, 0.2) is 24.3 Å². The normalized spacial score (nSPS) is 11.7. The molecule has 0 aromatic heterocycles. The van der Waals surface area contributed by atoms with Crippen LogP contribution in [0.1, 0.15) is 31.4 Å². The van der Waals surface area contributed by atoms with Crippen molar-refractivity contribution in [1.82, 2.24) is 10.6 Å². The van der Waals surface area contributed by atoms with E-state index in [4.69, 9.17) is 0 Å². The summed E-state index contributed by atoms with van der Waals surface area (Å²) < 4.78 is 38.2. The van der Waals surface area contributed by atoms with Crippen LogP contribution in [0.4, 0.5) is 13.2 Å². The van der Waals surface area contributed by atoms with E-state index in [1.54, 1.807) is 19.9 Å². The van der Waals surface area contributed by atoms with E-state index < -0.39 is 17.2 Å². The summed E-state index contributed by atoms with van der Waals surface area (Å²) in [7, 11) is 1.81. The predicted molar refractivity (Wildman–Crippen MR) is 83.3 cm³/mol. The van der Waals surface area contributed by atoms with Gasteiger partial charge in [0, 0.05) is 6.54 Å². The lowest BCUT2D eigenvalue weighted by molar-refractivity contribution is -0.137. The lowest BCUT2D eigenvalue weighted by Gasteiger charge is -2.25. The molecule has 0 atom stereocenters. The molecule has 7 heteroatoms. The number of alkyl halides is 3. The molecule has 1 rings (SSSR count). The highest BCUT2D eigenvalue weighted by atomic mass is 35.5. The first-order valence-corrected chi connectivity index (χ1v) is 6.80. The van der Waals surface area contributed by atoms with Crippen molar-refractivity contribution in [3.8, 4) is 0 Å². The Morgan fingerprint density at radius 1 is 1.14 bits per heavy atom. The molecule has 1 amide bonds. The summed E-state index contributed by atoms with van der Waals surface area (Å²) in [6.07, 6.45) is -3.64. The third-order valence-electron chi connectivity index (χ3n) is 3.37. The molecule has 126 valence electrons. The Morgan fingerprint density at radius 2 is 1.73 bits per heavy atom. The molecule has 0 aliphatic carbocycles. The Bertz CT molecular complexity index is 490. The number of amides is 1. The minimum atomic E-state index is -4.41. The van der Waals surface area contributed by atoms with Crippen molar-refractivity contribution in [2.24, 2.45) is 0 Å². The second-order valence-electron chi connectivity index (χ2n) is 5.42. The van der Waals surface area contributed by atoms with Crippen LogP contribution in [0.25, 0.3) is 0 Å².